The Morgan fingerprint density at radius 3 is 2.22 bits per heavy atom. The van der Waals surface area contributed by atoms with Crippen molar-refractivity contribution >= 4 is 18.5 Å². The molecule has 0 heterocycles. The Labute approximate surface area is 114 Å². The summed E-state index contributed by atoms with van der Waals surface area (Å²) in [6, 6.07) is 7.39. The van der Waals surface area contributed by atoms with Gasteiger partial charge >= 0.3 is 0 Å². The van der Waals surface area contributed by atoms with Crippen LogP contribution in [0.3, 0.4) is 0 Å². The maximum atomic E-state index is 12.0. The number of carbonyl (C=O) groups excluding carboxylic acids is 1. The predicted octanol–water partition coefficient (Wildman–Crippen LogP) is 3.14. The van der Waals surface area contributed by atoms with E-state index < -0.39 is 0 Å². The first-order valence-corrected chi connectivity index (χ1v) is 7.26. The van der Waals surface area contributed by atoms with Crippen LogP contribution in [0.4, 0.5) is 0 Å². The van der Waals surface area contributed by atoms with E-state index in [4.69, 9.17) is 0 Å². The molecule has 2 saturated carbocycles. The van der Waals surface area contributed by atoms with Crippen LogP contribution in [0.1, 0.15) is 36.0 Å². The maximum absolute atomic E-state index is 12.0. The molecule has 0 unspecified atom stereocenters. The lowest BCUT2D eigenvalue weighted by Gasteiger charge is -2.16. The Morgan fingerprint density at radius 2 is 1.72 bits per heavy atom. The van der Waals surface area contributed by atoms with Gasteiger partial charge in [0.05, 0.1) is 0 Å². The molecule has 2 nitrogen and oxygen atoms in total. The first-order valence-electron chi connectivity index (χ1n) is 6.81. The molecular weight excluding hydrogens is 242 g/mol. The lowest BCUT2D eigenvalue weighted by molar-refractivity contribution is 0.0943. The first-order chi connectivity index (χ1) is 8.74. The van der Waals surface area contributed by atoms with Gasteiger partial charge in [0.25, 0.3) is 5.91 Å². The molecule has 0 atom stereocenters. The van der Waals surface area contributed by atoms with E-state index in [1.54, 1.807) is 0 Å². The van der Waals surface area contributed by atoms with Crippen molar-refractivity contribution in [2.24, 2.45) is 17.8 Å². The molecule has 18 heavy (non-hydrogen) atoms. The van der Waals surface area contributed by atoms with E-state index in [0.29, 0.717) is 0 Å². The van der Waals surface area contributed by atoms with Crippen molar-refractivity contribution in [3.05, 3.63) is 29.8 Å². The van der Waals surface area contributed by atoms with Crippen molar-refractivity contribution < 1.29 is 4.79 Å². The zero-order chi connectivity index (χ0) is 12.5. The van der Waals surface area contributed by atoms with Gasteiger partial charge in [0.1, 0.15) is 0 Å². The molecule has 0 bridgehead atoms. The molecule has 1 aromatic carbocycles. The molecule has 2 aliphatic carbocycles. The minimum absolute atomic E-state index is 0.0506. The van der Waals surface area contributed by atoms with Gasteiger partial charge in [-0.3, -0.25) is 4.79 Å². The molecule has 0 spiro atoms. The third kappa shape index (κ3) is 2.89. The second-order valence-corrected chi connectivity index (χ2v) is 6.11. The van der Waals surface area contributed by atoms with E-state index >= 15 is 0 Å². The fraction of sp³-hybridized carbons (Fsp3) is 0.533. The number of amides is 1. The molecule has 3 rings (SSSR count). The minimum atomic E-state index is 0.0506. The number of thiol groups is 1. The van der Waals surface area contributed by atoms with Crippen molar-refractivity contribution in [1.82, 2.24) is 5.32 Å². The van der Waals surface area contributed by atoms with E-state index in [1.165, 1.54) is 25.7 Å². The topological polar surface area (TPSA) is 29.1 Å². The summed E-state index contributed by atoms with van der Waals surface area (Å²) in [5.41, 5.74) is 0.734. The molecule has 2 aliphatic rings. The van der Waals surface area contributed by atoms with Crippen LogP contribution in [-0.4, -0.2) is 12.5 Å². The number of rotatable bonds is 5. The number of nitrogens with one attached hydrogen (secondary N) is 1. The normalized spacial score (nSPS) is 19.0. The molecule has 0 radical (unpaired) electrons. The van der Waals surface area contributed by atoms with Crippen LogP contribution >= 0.6 is 12.6 Å². The SMILES string of the molecule is O=C(NCC(C1CC1)C1CC1)c1ccc(S)cc1. The zero-order valence-electron chi connectivity index (χ0n) is 10.4. The van der Waals surface area contributed by atoms with Crippen LogP contribution in [0.2, 0.25) is 0 Å². The largest absolute Gasteiger partial charge is 0.352 e. The highest BCUT2D eigenvalue weighted by atomic mass is 32.1. The zero-order valence-corrected chi connectivity index (χ0v) is 11.3. The molecule has 1 N–H and O–H groups in total. The molecule has 0 saturated heterocycles. The molecule has 1 aromatic rings. The summed E-state index contributed by atoms with van der Waals surface area (Å²) in [4.78, 5) is 12.9. The van der Waals surface area contributed by atoms with Gasteiger partial charge in [0, 0.05) is 17.0 Å². The van der Waals surface area contributed by atoms with Crippen molar-refractivity contribution in [1.29, 1.82) is 0 Å². The van der Waals surface area contributed by atoms with Crippen molar-refractivity contribution in [3.8, 4) is 0 Å². The average Bonchev–Trinajstić information content (AvgIpc) is 3.24. The maximum Gasteiger partial charge on any atom is 0.251 e. The third-order valence-electron chi connectivity index (χ3n) is 4.08. The number of hydrogen-bond donors (Lipinski definition) is 2. The number of hydrogen-bond acceptors (Lipinski definition) is 2. The minimum Gasteiger partial charge on any atom is -0.352 e. The average molecular weight is 261 g/mol. The van der Waals surface area contributed by atoms with E-state index in [1.807, 2.05) is 24.3 Å². The summed E-state index contributed by atoms with van der Waals surface area (Å²) >= 11 is 4.22. The van der Waals surface area contributed by atoms with Gasteiger partial charge in [0.2, 0.25) is 0 Å². The van der Waals surface area contributed by atoms with Gasteiger partial charge in [-0.05, 0) is 67.7 Å². The van der Waals surface area contributed by atoms with Crippen LogP contribution in [-0.2, 0) is 0 Å². The fourth-order valence-electron chi connectivity index (χ4n) is 2.69. The molecule has 1 amide bonds. The van der Waals surface area contributed by atoms with E-state index in [-0.39, 0.29) is 5.91 Å². The predicted molar refractivity (Wildman–Crippen MR) is 75.0 cm³/mol. The fourth-order valence-corrected chi connectivity index (χ4v) is 2.84. The van der Waals surface area contributed by atoms with E-state index in [0.717, 1.165) is 34.8 Å². The highest BCUT2D eigenvalue weighted by molar-refractivity contribution is 7.80. The Morgan fingerprint density at radius 1 is 1.17 bits per heavy atom. The smallest absolute Gasteiger partial charge is 0.251 e. The molecule has 0 aromatic heterocycles. The summed E-state index contributed by atoms with van der Waals surface area (Å²) in [6.45, 7) is 0.858. The van der Waals surface area contributed by atoms with Crippen LogP contribution < -0.4 is 5.32 Å². The molecule has 2 fully saturated rings. The number of benzene rings is 1. The molecule has 96 valence electrons. The molecular formula is C15H19NOS. The standard InChI is InChI=1S/C15H19NOS/c17-15(12-5-7-13(18)8-6-12)16-9-14(10-1-2-10)11-3-4-11/h5-8,10-11,14,18H,1-4,9H2,(H,16,17). The Bertz CT molecular complexity index is 422. The van der Waals surface area contributed by atoms with Crippen LogP contribution in [0.5, 0.6) is 0 Å². The summed E-state index contributed by atoms with van der Waals surface area (Å²) in [7, 11) is 0. The Hall–Kier alpha value is -0.960. The third-order valence-corrected chi connectivity index (χ3v) is 4.38. The van der Waals surface area contributed by atoms with Crippen LogP contribution in [0.15, 0.2) is 29.2 Å². The summed E-state index contributed by atoms with van der Waals surface area (Å²) in [5, 5.41) is 3.10. The second-order valence-electron chi connectivity index (χ2n) is 5.60. The summed E-state index contributed by atoms with van der Waals surface area (Å²) in [6.07, 6.45) is 5.47. The lowest BCUT2D eigenvalue weighted by Crippen LogP contribution is -2.31. The van der Waals surface area contributed by atoms with Gasteiger partial charge in [-0.2, -0.15) is 0 Å². The van der Waals surface area contributed by atoms with Crippen molar-refractivity contribution in [2.45, 2.75) is 30.6 Å². The van der Waals surface area contributed by atoms with Crippen LogP contribution in [0, 0.1) is 17.8 Å². The van der Waals surface area contributed by atoms with E-state index in [9.17, 15) is 4.79 Å². The van der Waals surface area contributed by atoms with Gasteiger partial charge in [-0.15, -0.1) is 12.6 Å². The highest BCUT2D eigenvalue weighted by Crippen LogP contribution is 2.48. The summed E-state index contributed by atoms with van der Waals surface area (Å²) in [5.74, 6) is 2.56. The second kappa shape index (κ2) is 4.96. The van der Waals surface area contributed by atoms with Gasteiger partial charge in [-0.25, -0.2) is 0 Å². The highest BCUT2D eigenvalue weighted by Gasteiger charge is 2.41. The van der Waals surface area contributed by atoms with Crippen molar-refractivity contribution in [2.75, 3.05) is 6.54 Å². The van der Waals surface area contributed by atoms with Gasteiger partial charge < -0.3 is 5.32 Å². The van der Waals surface area contributed by atoms with E-state index in [2.05, 4.69) is 17.9 Å². The number of carbonyl (C=O) groups is 1. The van der Waals surface area contributed by atoms with Gasteiger partial charge in [0.15, 0.2) is 0 Å². The summed E-state index contributed by atoms with van der Waals surface area (Å²) < 4.78 is 0. The monoisotopic (exact) mass is 261 g/mol. The Kier molecular flexibility index (Phi) is 3.33. The Balaban J connectivity index is 1.55. The lowest BCUT2D eigenvalue weighted by atomic mass is 9.98. The van der Waals surface area contributed by atoms with Crippen LogP contribution in [0.25, 0.3) is 0 Å². The van der Waals surface area contributed by atoms with Crippen molar-refractivity contribution in [3.63, 3.8) is 0 Å². The first kappa shape index (κ1) is 12.1. The molecule has 0 aliphatic heterocycles. The molecule has 3 heteroatoms. The van der Waals surface area contributed by atoms with Gasteiger partial charge in [-0.1, -0.05) is 0 Å². The quantitative estimate of drug-likeness (QED) is 0.783.